The zero-order valence-electron chi connectivity index (χ0n) is 10.1. The lowest BCUT2D eigenvalue weighted by Crippen LogP contribution is -2.46. The van der Waals surface area contributed by atoms with Crippen molar-refractivity contribution in [1.29, 1.82) is 0 Å². The van der Waals surface area contributed by atoms with E-state index in [4.69, 9.17) is 0 Å². The molecule has 1 N–H and O–H groups in total. The molecule has 2 rings (SSSR count). The van der Waals surface area contributed by atoms with Gasteiger partial charge in [-0.25, -0.2) is 17.6 Å². The minimum atomic E-state index is -1.30. The summed E-state index contributed by atoms with van der Waals surface area (Å²) in [4.78, 5) is 1.62. The molecule has 1 heterocycles. The molecule has 0 unspecified atom stereocenters. The van der Waals surface area contributed by atoms with Gasteiger partial charge in [0.05, 0.1) is 6.04 Å². The third kappa shape index (κ3) is 3.38. The van der Waals surface area contributed by atoms with Gasteiger partial charge < -0.3 is 5.32 Å². The fourth-order valence-corrected chi connectivity index (χ4v) is 2.20. The maximum atomic E-state index is 13.6. The van der Waals surface area contributed by atoms with E-state index in [2.05, 4.69) is 5.32 Å². The van der Waals surface area contributed by atoms with Crippen molar-refractivity contribution in [3.8, 4) is 0 Å². The van der Waals surface area contributed by atoms with Gasteiger partial charge in [0.1, 0.15) is 12.5 Å². The van der Waals surface area contributed by atoms with E-state index in [0.717, 1.165) is 6.07 Å². The molecule has 1 fully saturated rings. The quantitative estimate of drug-likeness (QED) is 0.681. The molecule has 0 spiro atoms. The van der Waals surface area contributed by atoms with Crippen LogP contribution in [0.25, 0.3) is 0 Å². The Bertz CT molecular complexity index is 424. The molecule has 0 bridgehead atoms. The van der Waals surface area contributed by atoms with Gasteiger partial charge in [-0.3, -0.25) is 4.90 Å². The summed E-state index contributed by atoms with van der Waals surface area (Å²) in [6.07, 6.45) is 0. The van der Waals surface area contributed by atoms with Crippen LogP contribution in [0.2, 0.25) is 0 Å². The number of halogens is 5. The fourth-order valence-electron chi connectivity index (χ4n) is 2.20. The van der Waals surface area contributed by atoms with Crippen LogP contribution in [0.4, 0.5) is 17.6 Å². The van der Waals surface area contributed by atoms with E-state index < -0.39 is 35.7 Å². The Labute approximate surface area is 115 Å². The smallest absolute Gasteiger partial charge is 0.166 e. The second kappa shape index (κ2) is 7.07. The van der Waals surface area contributed by atoms with Gasteiger partial charge in [0, 0.05) is 31.7 Å². The lowest BCUT2D eigenvalue weighted by molar-refractivity contribution is 0.140. The van der Waals surface area contributed by atoms with Crippen LogP contribution in [-0.4, -0.2) is 37.8 Å². The molecule has 1 atom stereocenters. The Morgan fingerprint density at radius 2 is 1.68 bits per heavy atom. The van der Waals surface area contributed by atoms with Crippen LogP contribution in [0.1, 0.15) is 11.6 Å². The van der Waals surface area contributed by atoms with Gasteiger partial charge in [0.2, 0.25) is 0 Å². The number of hydrogen-bond donors (Lipinski definition) is 1. The maximum absolute atomic E-state index is 13.6. The predicted octanol–water partition coefficient (Wildman–Crippen LogP) is 2.44. The zero-order valence-corrected chi connectivity index (χ0v) is 11.0. The van der Waals surface area contributed by atoms with E-state index in [-0.39, 0.29) is 12.4 Å². The number of alkyl halides is 1. The van der Waals surface area contributed by atoms with Crippen molar-refractivity contribution >= 4 is 12.4 Å². The fraction of sp³-hybridized carbons (Fsp3) is 0.500. The van der Waals surface area contributed by atoms with Crippen LogP contribution in [-0.2, 0) is 0 Å². The lowest BCUT2D eigenvalue weighted by atomic mass is 10.0. The summed E-state index contributed by atoms with van der Waals surface area (Å²) in [5.74, 6) is -3.36. The molecule has 1 saturated heterocycles. The summed E-state index contributed by atoms with van der Waals surface area (Å²) in [6.45, 7) is 1.25. The molecule has 19 heavy (non-hydrogen) atoms. The van der Waals surface area contributed by atoms with E-state index in [1.807, 2.05) is 0 Å². The first kappa shape index (κ1) is 16.2. The molecule has 1 aromatic carbocycles. The van der Waals surface area contributed by atoms with E-state index >= 15 is 0 Å². The topological polar surface area (TPSA) is 15.3 Å². The monoisotopic (exact) mass is 298 g/mol. The summed E-state index contributed by atoms with van der Waals surface area (Å²) in [5.41, 5.74) is -0.514. The van der Waals surface area contributed by atoms with Crippen molar-refractivity contribution in [2.75, 3.05) is 32.9 Å². The van der Waals surface area contributed by atoms with Gasteiger partial charge in [0.25, 0.3) is 0 Å². The summed E-state index contributed by atoms with van der Waals surface area (Å²) in [7, 11) is 0. The third-order valence-corrected chi connectivity index (χ3v) is 3.15. The number of rotatable bonds is 3. The molecule has 0 aliphatic carbocycles. The van der Waals surface area contributed by atoms with E-state index in [9.17, 15) is 17.6 Å². The molecule has 0 aromatic heterocycles. The molecule has 2 nitrogen and oxygen atoms in total. The first-order valence-electron chi connectivity index (χ1n) is 5.79. The van der Waals surface area contributed by atoms with Gasteiger partial charge in [-0.2, -0.15) is 0 Å². The second-order valence-electron chi connectivity index (χ2n) is 4.21. The molecular weight excluding hydrogens is 284 g/mol. The summed E-state index contributed by atoms with van der Waals surface area (Å²) in [6, 6.07) is 0.475. The Balaban J connectivity index is 0.00000180. The van der Waals surface area contributed by atoms with Gasteiger partial charge in [0.15, 0.2) is 11.6 Å². The number of nitrogens with zero attached hydrogens (tertiary/aromatic N) is 1. The minimum Gasteiger partial charge on any atom is -0.314 e. The van der Waals surface area contributed by atoms with Crippen LogP contribution in [0.15, 0.2) is 12.1 Å². The van der Waals surface area contributed by atoms with Crippen molar-refractivity contribution in [1.82, 2.24) is 10.2 Å². The van der Waals surface area contributed by atoms with Crippen LogP contribution >= 0.6 is 12.4 Å². The van der Waals surface area contributed by atoms with Gasteiger partial charge >= 0.3 is 0 Å². The highest BCUT2D eigenvalue weighted by Crippen LogP contribution is 2.28. The molecule has 1 aromatic rings. The van der Waals surface area contributed by atoms with Crippen LogP contribution < -0.4 is 5.32 Å². The van der Waals surface area contributed by atoms with Gasteiger partial charge in [-0.05, 0) is 12.1 Å². The first-order valence-corrected chi connectivity index (χ1v) is 5.79. The Morgan fingerprint density at radius 1 is 1.11 bits per heavy atom. The first-order chi connectivity index (χ1) is 8.65. The third-order valence-electron chi connectivity index (χ3n) is 3.15. The summed E-state index contributed by atoms with van der Waals surface area (Å²) < 4.78 is 53.5. The van der Waals surface area contributed by atoms with E-state index in [0.29, 0.717) is 32.2 Å². The Hall–Kier alpha value is -0.850. The van der Waals surface area contributed by atoms with Crippen molar-refractivity contribution in [2.24, 2.45) is 0 Å². The van der Waals surface area contributed by atoms with Crippen LogP contribution in [0.3, 0.4) is 0 Å². The number of hydrogen-bond acceptors (Lipinski definition) is 2. The van der Waals surface area contributed by atoms with E-state index in [1.54, 1.807) is 4.90 Å². The number of piperazine rings is 1. The number of benzene rings is 1. The van der Waals surface area contributed by atoms with Gasteiger partial charge in [-0.15, -0.1) is 12.4 Å². The van der Waals surface area contributed by atoms with Crippen molar-refractivity contribution < 1.29 is 17.6 Å². The molecule has 1 aliphatic rings. The molecule has 0 radical (unpaired) electrons. The Kier molecular flexibility index (Phi) is 6.03. The van der Waals surface area contributed by atoms with Crippen molar-refractivity contribution in [3.63, 3.8) is 0 Å². The molecule has 0 amide bonds. The van der Waals surface area contributed by atoms with Crippen molar-refractivity contribution in [3.05, 3.63) is 35.1 Å². The average molecular weight is 299 g/mol. The number of nitrogens with one attached hydrogen (secondary N) is 1. The second-order valence-corrected chi connectivity index (χ2v) is 4.21. The zero-order chi connectivity index (χ0) is 13.1. The molecule has 0 saturated carbocycles. The average Bonchev–Trinajstić information content (AvgIpc) is 2.40. The molecular formula is C12H15ClF4N2. The highest BCUT2D eigenvalue weighted by Gasteiger charge is 2.28. The van der Waals surface area contributed by atoms with Crippen LogP contribution in [0, 0.1) is 17.5 Å². The highest BCUT2D eigenvalue weighted by molar-refractivity contribution is 5.85. The van der Waals surface area contributed by atoms with Crippen molar-refractivity contribution in [2.45, 2.75) is 6.04 Å². The van der Waals surface area contributed by atoms with Crippen LogP contribution in [0.5, 0.6) is 0 Å². The minimum absolute atomic E-state index is 0. The summed E-state index contributed by atoms with van der Waals surface area (Å²) in [5, 5.41) is 3.06. The standard InChI is InChI=1S/C12H14F4N2.ClH/c13-7-10(18-5-3-17-4-6-18)11-8(14)1-2-9(15)12(11)16;/h1-2,10,17H,3-7H2;1H/t10-;/m1./s1. The molecule has 7 heteroatoms. The highest BCUT2D eigenvalue weighted by atomic mass is 35.5. The van der Waals surface area contributed by atoms with Gasteiger partial charge in [-0.1, -0.05) is 0 Å². The summed E-state index contributed by atoms with van der Waals surface area (Å²) >= 11 is 0. The SMILES string of the molecule is Cl.FC[C@H](c1c(F)ccc(F)c1F)N1CCNCC1. The maximum Gasteiger partial charge on any atom is 0.166 e. The lowest BCUT2D eigenvalue weighted by Gasteiger charge is -2.33. The molecule has 108 valence electrons. The Morgan fingerprint density at radius 3 is 2.26 bits per heavy atom. The largest absolute Gasteiger partial charge is 0.314 e. The predicted molar refractivity (Wildman–Crippen MR) is 66.7 cm³/mol. The molecule has 1 aliphatic heterocycles. The normalized spacial score (nSPS) is 17.9. The van der Waals surface area contributed by atoms with E-state index in [1.165, 1.54) is 0 Å².